The van der Waals surface area contributed by atoms with Crippen molar-refractivity contribution in [1.29, 1.82) is 0 Å². The minimum Gasteiger partial charge on any atom is -0.478 e. The standard InChI is InChI=1S/C20H25N3O5S.C2HF3O2/c1-4-10-23(11-5-2)19-18(20(25)26)12-16(13-21-19)22-29(27,28)17-8-6-15(7-9-17)14(3)24;3-2(4,5)1(6)7/h6-9,12-13,22H,4-5,10-11H2,1-3H3,(H,25,26);(H,6,7). The third-order valence-electron chi connectivity index (χ3n) is 4.45. The van der Waals surface area contributed by atoms with Crippen LogP contribution in [0.15, 0.2) is 41.4 Å². The molecule has 36 heavy (non-hydrogen) atoms. The Hall–Kier alpha value is -3.68. The summed E-state index contributed by atoms with van der Waals surface area (Å²) in [6.07, 6.45) is -2.13. The summed E-state index contributed by atoms with van der Waals surface area (Å²) in [6.45, 7) is 6.66. The highest BCUT2D eigenvalue weighted by atomic mass is 32.2. The van der Waals surface area contributed by atoms with Crippen LogP contribution in [0.25, 0.3) is 0 Å². The number of Topliss-reactive ketones (excluding diaryl/α,β-unsaturated/α-hetero) is 1. The largest absolute Gasteiger partial charge is 0.490 e. The molecular weight excluding hydrogens is 507 g/mol. The maximum atomic E-state index is 12.6. The summed E-state index contributed by atoms with van der Waals surface area (Å²) in [7, 11) is -3.96. The monoisotopic (exact) mass is 533 g/mol. The van der Waals surface area contributed by atoms with E-state index in [9.17, 15) is 36.3 Å². The van der Waals surface area contributed by atoms with Gasteiger partial charge in [0.15, 0.2) is 5.78 Å². The Kier molecular flexibility index (Phi) is 10.8. The molecule has 0 atom stereocenters. The van der Waals surface area contributed by atoms with Gasteiger partial charge in [0.05, 0.1) is 16.8 Å². The van der Waals surface area contributed by atoms with Crippen LogP contribution in [0.1, 0.15) is 54.3 Å². The predicted molar refractivity (Wildman–Crippen MR) is 125 cm³/mol. The molecule has 0 radical (unpaired) electrons. The molecular formula is C22H26F3N3O7S. The van der Waals surface area contributed by atoms with Gasteiger partial charge in [-0.15, -0.1) is 0 Å². The number of anilines is 2. The number of rotatable bonds is 10. The summed E-state index contributed by atoms with van der Waals surface area (Å²) in [6, 6.07) is 6.76. The number of aromatic nitrogens is 1. The lowest BCUT2D eigenvalue weighted by Gasteiger charge is -2.24. The van der Waals surface area contributed by atoms with E-state index in [0.29, 0.717) is 24.5 Å². The first kappa shape index (κ1) is 30.4. The van der Waals surface area contributed by atoms with Gasteiger partial charge in [0, 0.05) is 18.7 Å². The second kappa shape index (κ2) is 12.9. The van der Waals surface area contributed by atoms with Crippen molar-refractivity contribution >= 4 is 39.3 Å². The zero-order valence-electron chi connectivity index (χ0n) is 19.7. The van der Waals surface area contributed by atoms with Crippen molar-refractivity contribution < 1.29 is 46.2 Å². The van der Waals surface area contributed by atoms with Gasteiger partial charge < -0.3 is 15.1 Å². The number of nitrogens with one attached hydrogen (secondary N) is 1. The van der Waals surface area contributed by atoms with Gasteiger partial charge in [-0.25, -0.2) is 23.0 Å². The summed E-state index contributed by atoms with van der Waals surface area (Å²) in [5, 5.41) is 16.7. The van der Waals surface area contributed by atoms with Crippen LogP contribution in [0.4, 0.5) is 24.7 Å². The molecule has 14 heteroatoms. The third kappa shape index (κ3) is 8.83. The lowest BCUT2D eigenvalue weighted by atomic mass is 10.2. The van der Waals surface area contributed by atoms with Crippen LogP contribution >= 0.6 is 0 Å². The molecule has 1 aromatic heterocycles. The van der Waals surface area contributed by atoms with E-state index in [0.717, 1.165) is 12.8 Å². The molecule has 0 spiro atoms. The van der Waals surface area contributed by atoms with Gasteiger partial charge in [0.25, 0.3) is 10.0 Å². The summed E-state index contributed by atoms with van der Waals surface area (Å²) >= 11 is 0. The molecule has 10 nitrogen and oxygen atoms in total. The summed E-state index contributed by atoms with van der Waals surface area (Å²) < 4.78 is 59.3. The summed E-state index contributed by atoms with van der Waals surface area (Å²) in [5.74, 6) is -3.80. The van der Waals surface area contributed by atoms with E-state index in [1.54, 1.807) is 0 Å². The molecule has 1 heterocycles. The molecule has 0 fully saturated rings. The first-order chi connectivity index (χ1) is 16.6. The van der Waals surface area contributed by atoms with Gasteiger partial charge in [-0.1, -0.05) is 26.0 Å². The lowest BCUT2D eigenvalue weighted by molar-refractivity contribution is -0.192. The summed E-state index contributed by atoms with van der Waals surface area (Å²) in [4.78, 5) is 38.1. The van der Waals surface area contributed by atoms with E-state index in [1.807, 2.05) is 18.7 Å². The molecule has 0 saturated carbocycles. The fourth-order valence-corrected chi connectivity index (χ4v) is 3.90. The number of carboxylic acids is 2. The quantitative estimate of drug-likeness (QED) is 0.384. The van der Waals surface area contributed by atoms with E-state index in [1.165, 1.54) is 43.5 Å². The molecule has 198 valence electrons. The van der Waals surface area contributed by atoms with Crippen LogP contribution in [0.3, 0.4) is 0 Å². The average molecular weight is 534 g/mol. The number of hydrogen-bond acceptors (Lipinski definition) is 7. The minimum absolute atomic E-state index is 0.0398. The molecule has 1 aromatic carbocycles. The van der Waals surface area contributed by atoms with E-state index >= 15 is 0 Å². The molecule has 0 bridgehead atoms. The number of pyridine rings is 1. The van der Waals surface area contributed by atoms with Gasteiger partial charge in [0.1, 0.15) is 11.4 Å². The number of aliphatic carboxylic acids is 1. The molecule has 2 rings (SSSR count). The van der Waals surface area contributed by atoms with Crippen molar-refractivity contribution in [2.24, 2.45) is 0 Å². The Balaban J connectivity index is 0.000000809. The number of alkyl halides is 3. The highest BCUT2D eigenvalue weighted by Crippen LogP contribution is 2.24. The Bertz CT molecular complexity index is 1180. The molecule has 0 aliphatic rings. The first-order valence-electron chi connectivity index (χ1n) is 10.6. The first-order valence-corrected chi connectivity index (χ1v) is 12.0. The number of sulfonamides is 1. The highest BCUT2D eigenvalue weighted by molar-refractivity contribution is 7.92. The van der Waals surface area contributed by atoms with Crippen molar-refractivity contribution in [2.75, 3.05) is 22.7 Å². The third-order valence-corrected chi connectivity index (χ3v) is 5.85. The molecule has 0 unspecified atom stereocenters. The summed E-state index contributed by atoms with van der Waals surface area (Å²) in [5.41, 5.74) is 0.379. The van der Waals surface area contributed by atoms with Gasteiger partial charge >= 0.3 is 18.1 Å². The Morgan fingerprint density at radius 2 is 1.53 bits per heavy atom. The number of carbonyl (C=O) groups excluding carboxylic acids is 1. The Labute approximate surface area is 205 Å². The number of aromatic carboxylic acids is 1. The Morgan fingerprint density at radius 3 is 1.92 bits per heavy atom. The fourth-order valence-electron chi connectivity index (χ4n) is 2.87. The predicted octanol–water partition coefficient (Wildman–Crippen LogP) is 4.04. The van der Waals surface area contributed by atoms with E-state index in [2.05, 4.69) is 9.71 Å². The van der Waals surface area contributed by atoms with Crippen LogP contribution in [0, 0.1) is 0 Å². The van der Waals surface area contributed by atoms with Crippen molar-refractivity contribution in [1.82, 2.24) is 4.98 Å². The molecule has 0 amide bonds. The molecule has 3 N–H and O–H groups in total. The number of carbonyl (C=O) groups is 3. The van der Waals surface area contributed by atoms with Crippen LogP contribution < -0.4 is 9.62 Å². The lowest BCUT2D eigenvalue weighted by Crippen LogP contribution is -2.28. The van der Waals surface area contributed by atoms with E-state index in [-0.39, 0.29) is 21.9 Å². The number of halogens is 3. The van der Waals surface area contributed by atoms with Gasteiger partial charge in [-0.2, -0.15) is 13.2 Å². The van der Waals surface area contributed by atoms with Crippen molar-refractivity contribution in [3.05, 3.63) is 47.7 Å². The zero-order chi connectivity index (χ0) is 27.7. The van der Waals surface area contributed by atoms with Crippen molar-refractivity contribution in [2.45, 2.75) is 44.7 Å². The maximum Gasteiger partial charge on any atom is 0.490 e. The number of ketones is 1. The zero-order valence-corrected chi connectivity index (χ0v) is 20.5. The second-order valence-corrected chi connectivity index (χ2v) is 9.06. The number of benzene rings is 1. The number of hydrogen-bond donors (Lipinski definition) is 3. The van der Waals surface area contributed by atoms with Gasteiger partial charge in [0.2, 0.25) is 0 Å². The minimum atomic E-state index is -5.08. The molecule has 0 aliphatic carbocycles. The van der Waals surface area contributed by atoms with Crippen LogP contribution in [-0.4, -0.2) is 60.6 Å². The normalized spacial score (nSPS) is 11.2. The molecule has 0 saturated heterocycles. The van der Waals surface area contributed by atoms with E-state index in [4.69, 9.17) is 9.90 Å². The fraction of sp³-hybridized carbons (Fsp3) is 0.364. The van der Waals surface area contributed by atoms with Crippen LogP contribution in [-0.2, 0) is 14.8 Å². The average Bonchev–Trinajstić information content (AvgIpc) is 2.78. The van der Waals surface area contributed by atoms with E-state index < -0.39 is 28.1 Å². The van der Waals surface area contributed by atoms with Gasteiger partial charge in [-0.3, -0.25) is 9.52 Å². The van der Waals surface area contributed by atoms with Crippen molar-refractivity contribution in [3.8, 4) is 0 Å². The molecule has 2 aromatic rings. The second-order valence-electron chi connectivity index (χ2n) is 7.38. The maximum absolute atomic E-state index is 12.6. The smallest absolute Gasteiger partial charge is 0.478 e. The van der Waals surface area contributed by atoms with Crippen molar-refractivity contribution in [3.63, 3.8) is 0 Å². The highest BCUT2D eigenvalue weighted by Gasteiger charge is 2.38. The Morgan fingerprint density at radius 1 is 1.03 bits per heavy atom. The van der Waals surface area contributed by atoms with Gasteiger partial charge in [-0.05, 0) is 38.0 Å². The topological polar surface area (TPSA) is 154 Å². The number of carboxylic acid groups (broad SMARTS) is 2. The van der Waals surface area contributed by atoms with Crippen LogP contribution in [0.2, 0.25) is 0 Å². The number of nitrogens with zero attached hydrogens (tertiary/aromatic N) is 2. The SMILES string of the molecule is CCCN(CCC)c1ncc(NS(=O)(=O)c2ccc(C(C)=O)cc2)cc1C(=O)O.O=C(O)C(F)(F)F. The molecule has 0 aliphatic heterocycles. The van der Waals surface area contributed by atoms with Crippen LogP contribution in [0.5, 0.6) is 0 Å².